The maximum atomic E-state index is 13.0. The normalized spacial score (nSPS) is 15.2. The van der Waals surface area contributed by atoms with E-state index in [1.165, 1.54) is 18.2 Å². The monoisotopic (exact) mass is 458 g/mol. The third kappa shape index (κ3) is 5.23. The van der Waals surface area contributed by atoms with Crippen LogP contribution >= 0.6 is 0 Å². The van der Waals surface area contributed by atoms with Crippen LogP contribution in [0.1, 0.15) is 51.5 Å². The van der Waals surface area contributed by atoms with Gasteiger partial charge in [-0.25, -0.2) is 0 Å². The van der Waals surface area contributed by atoms with Crippen molar-refractivity contribution in [2.24, 2.45) is 0 Å². The number of aryl methyl sites for hydroxylation is 1. The number of aromatic amines is 1. The average molecular weight is 459 g/mol. The number of carbonyl (C=O) groups is 2. The molecular weight excluding hydrogens is 424 g/mol. The molecule has 0 saturated carbocycles. The van der Waals surface area contributed by atoms with E-state index in [0.29, 0.717) is 11.3 Å². The molecule has 0 spiro atoms. The predicted molar refractivity (Wildman–Crippen MR) is 138 cm³/mol. The Labute approximate surface area is 202 Å². The number of nitrogens with one attached hydrogen (secondary N) is 2. The van der Waals surface area contributed by atoms with Crippen molar-refractivity contribution < 1.29 is 9.59 Å². The van der Waals surface area contributed by atoms with E-state index < -0.39 is 6.04 Å². The van der Waals surface area contributed by atoms with Crippen LogP contribution in [0.3, 0.4) is 0 Å². The zero-order valence-corrected chi connectivity index (χ0v) is 20.5. The molecule has 3 aromatic rings. The topological polar surface area (TPSA) is 68.4 Å². The van der Waals surface area contributed by atoms with Crippen LogP contribution in [0.25, 0.3) is 0 Å². The van der Waals surface area contributed by atoms with E-state index in [-0.39, 0.29) is 11.6 Å². The number of H-pyrrole nitrogens is 1. The lowest BCUT2D eigenvalue weighted by molar-refractivity contribution is 0.0970. The Bertz CT molecular complexity index is 1140. The van der Waals surface area contributed by atoms with E-state index in [4.69, 9.17) is 0 Å². The van der Waals surface area contributed by atoms with Gasteiger partial charge in [-0.15, -0.1) is 0 Å². The number of carbonyl (C=O) groups excluding carboxylic acids is 2. The summed E-state index contributed by atoms with van der Waals surface area (Å²) in [6.07, 6.45) is 0. The van der Waals surface area contributed by atoms with Crippen LogP contribution in [0.2, 0.25) is 0 Å². The fourth-order valence-corrected chi connectivity index (χ4v) is 4.83. The van der Waals surface area contributed by atoms with Crippen molar-refractivity contribution in [1.29, 1.82) is 0 Å². The standard InChI is InChI=1S/C28H34N4O2/c1-19-26(22(4)33)20(2)30-27(19)28(34)21(3)29-24-10-12-25(13-11-24)32-16-14-31(15-17-32)18-23-8-6-5-7-9-23/h5-13,21,29-30H,14-18H2,1-4H3. The first-order valence-corrected chi connectivity index (χ1v) is 12.0. The molecule has 6 heteroatoms. The number of hydrogen-bond acceptors (Lipinski definition) is 5. The van der Waals surface area contributed by atoms with E-state index >= 15 is 0 Å². The van der Waals surface area contributed by atoms with Crippen molar-refractivity contribution in [2.75, 3.05) is 36.4 Å². The summed E-state index contributed by atoms with van der Waals surface area (Å²) >= 11 is 0. The molecule has 1 aromatic heterocycles. The van der Waals surface area contributed by atoms with Gasteiger partial charge in [0.2, 0.25) is 5.78 Å². The average Bonchev–Trinajstić information content (AvgIpc) is 3.14. The number of piperazine rings is 1. The molecule has 1 aliphatic rings. The summed E-state index contributed by atoms with van der Waals surface area (Å²) in [4.78, 5) is 32.9. The second-order valence-electron chi connectivity index (χ2n) is 9.21. The van der Waals surface area contributed by atoms with Gasteiger partial charge in [0, 0.05) is 55.4 Å². The molecule has 0 aliphatic carbocycles. The summed E-state index contributed by atoms with van der Waals surface area (Å²) < 4.78 is 0. The lowest BCUT2D eigenvalue weighted by atomic mass is 10.0. The maximum absolute atomic E-state index is 13.0. The van der Waals surface area contributed by atoms with Crippen molar-refractivity contribution in [3.63, 3.8) is 0 Å². The molecule has 0 amide bonds. The largest absolute Gasteiger partial charge is 0.375 e. The molecule has 34 heavy (non-hydrogen) atoms. The molecule has 1 unspecified atom stereocenters. The number of hydrogen-bond donors (Lipinski definition) is 2. The lowest BCUT2D eigenvalue weighted by Gasteiger charge is -2.36. The molecule has 6 nitrogen and oxygen atoms in total. The van der Waals surface area contributed by atoms with Crippen molar-refractivity contribution >= 4 is 22.9 Å². The lowest BCUT2D eigenvalue weighted by Crippen LogP contribution is -2.45. The Morgan fingerprint density at radius 2 is 1.62 bits per heavy atom. The van der Waals surface area contributed by atoms with Crippen LogP contribution in [-0.4, -0.2) is 53.7 Å². The highest BCUT2D eigenvalue weighted by Crippen LogP contribution is 2.23. The highest BCUT2D eigenvalue weighted by molar-refractivity contribution is 6.05. The summed E-state index contributed by atoms with van der Waals surface area (Å²) in [5, 5.41) is 3.31. The summed E-state index contributed by atoms with van der Waals surface area (Å²) in [7, 11) is 0. The molecule has 1 saturated heterocycles. The molecule has 1 atom stereocenters. The van der Waals surface area contributed by atoms with E-state index in [2.05, 4.69) is 62.6 Å². The smallest absolute Gasteiger partial charge is 0.201 e. The van der Waals surface area contributed by atoms with Crippen molar-refractivity contribution in [2.45, 2.75) is 40.3 Å². The Kier molecular flexibility index (Phi) is 7.17. The SMILES string of the molecule is CC(=O)c1c(C)[nH]c(C(=O)C(C)Nc2ccc(N3CCN(Cc4ccccc4)CC3)cc2)c1C. The zero-order chi connectivity index (χ0) is 24.2. The van der Waals surface area contributed by atoms with Crippen molar-refractivity contribution in [1.82, 2.24) is 9.88 Å². The Morgan fingerprint density at radius 3 is 2.21 bits per heavy atom. The number of ketones is 2. The van der Waals surface area contributed by atoms with E-state index in [9.17, 15) is 9.59 Å². The summed E-state index contributed by atoms with van der Waals surface area (Å²) in [6, 6.07) is 18.5. The molecule has 0 bridgehead atoms. The van der Waals surface area contributed by atoms with Gasteiger partial charge in [-0.05, 0) is 63.1 Å². The molecule has 178 valence electrons. The highest BCUT2D eigenvalue weighted by Gasteiger charge is 2.24. The molecular formula is C28H34N4O2. The van der Waals surface area contributed by atoms with Gasteiger partial charge in [-0.1, -0.05) is 30.3 Å². The second-order valence-corrected chi connectivity index (χ2v) is 9.21. The van der Waals surface area contributed by atoms with Gasteiger partial charge in [-0.3, -0.25) is 14.5 Å². The first-order valence-electron chi connectivity index (χ1n) is 12.0. The third-order valence-corrected chi connectivity index (χ3v) is 6.67. The summed E-state index contributed by atoms with van der Waals surface area (Å²) in [5.74, 6) is -0.0749. The number of anilines is 2. The number of benzene rings is 2. The van der Waals surface area contributed by atoms with Crippen LogP contribution in [0, 0.1) is 13.8 Å². The van der Waals surface area contributed by atoms with Gasteiger partial charge in [0.15, 0.2) is 5.78 Å². The van der Waals surface area contributed by atoms with Gasteiger partial charge in [0.1, 0.15) is 0 Å². The minimum absolute atomic E-state index is 0.0256. The Morgan fingerprint density at radius 1 is 0.971 bits per heavy atom. The Hall–Kier alpha value is -3.38. The Balaban J connectivity index is 1.33. The van der Waals surface area contributed by atoms with Crippen LogP contribution in [-0.2, 0) is 6.54 Å². The van der Waals surface area contributed by atoms with Crippen molar-refractivity contribution in [3.8, 4) is 0 Å². The van der Waals surface area contributed by atoms with Crippen LogP contribution < -0.4 is 10.2 Å². The molecule has 2 N–H and O–H groups in total. The van der Waals surface area contributed by atoms with Crippen molar-refractivity contribution in [3.05, 3.63) is 82.7 Å². The van der Waals surface area contributed by atoms with E-state index in [1.807, 2.05) is 32.9 Å². The fourth-order valence-electron chi connectivity index (χ4n) is 4.83. The first-order chi connectivity index (χ1) is 16.3. The van der Waals surface area contributed by atoms with Gasteiger partial charge in [0.25, 0.3) is 0 Å². The molecule has 0 radical (unpaired) electrons. The molecule has 2 aromatic carbocycles. The molecule has 1 aliphatic heterocycles. The minimum Gasteiger partial charge on any atom is -0.375 e. The number of nitrogens with zero attached hydrogens (tertiary/aromatic N) is 2. The van der Waals surface area contributed by atoms with Crippen LogP contribution in [0.15, 0.2) is 54.6 Å². The van der Waals surface area contributed by atoms with Crippen LogP contribution in [0.5, 0.6) is 0 Å². The summed E-state index contributed by atoms with van der Waals surface area (Å²) in [5.41, 5.74) is 6.05. The molecule has 1 fully saturated rings. The van der Waals surface area contributed by atoms with Crippen LogP contribution in [0.4, 0.5) is 11.4 Å². The van der Waals surface area contributed by atoms with E-state index in [0.717, 1.165) is 49.7 Å². The quantitative estimate of drug-likeness (QED) is 0.473. The molecule has 2 heterocycles. The highest BCUT2D eigenvalue weighted by atomic mass is 16.1. The number of rotatable bonds is 8. The number of aromatic nitrogens is 1. The minimum atomic E-state index is -0.413. The zero-order valence-electron chi connectivity index (χ0n) is 20.5. The fraction of sp³-hybridized carbons (Fsp3) is 0.357. The number of Topliss-reactive ketones (excluding diaryl/α,β-unsaturated/α-hetero) is 2. The van der Waals surface area contributed by atoms with E-state index in [1.54, 1.807) is 0 Å². The van der Waals surface area contributed by atoms with Gasteiger partial charge < -0.3 is 15.2 Å². The third-order valence-electron chi connectivity index (χ3n) is 6.67. The van der Waals surface area contributed by atoms with Gasteiger partial charge in [-0.2, -0.15) is 0 Å². The summed E-state index contributed by atoms with van der Waals surface area (Å²) in [6.45, 7) is 12.1. The first kappa shape index (κ1) is 23.8. The van der Waals surface area contributed by atoms with Gasteiger partial charge in [0.05, 0.1) is 11.7 Å². The molecule has 4 rings (SSSR count). The van der Waals surface area contributed by atoms with Gasteiger partial charge >= 0.3 is 0 Å². The maximum Gasteiger partial charge on any atom is 0.201 e. The second kappa shape index (κ2) is 10.3. The predicted octanol–water partition coefficient (Wildman–Crippen LogP) is 4.84.